The highest BCUT2D eigenvalue weighted by Gasteiger charge is 2.15. The molecule has 0 bridgehead atoms. The number of carbonyl (C=O) groups excluding carboxylic acids is 1. The number of nitrogens with one attached hydrogen (secondary N) is 1. The number of thiazole rings is 1. The average molecular weight is 293 g/mol. The molecule has 4 nitrogen and oxygen atoms in total. The van der Waals surface area contributed by atoms with Crippen molar-refractivity contribution >= 4 is 28.6 Å². The molecule has 0 radical (unpaired) electrons. The predicted octanol–water partition coefficient (Wildman–Crippen LogP) is 2.19. The zero-order chi connectivity index (χ0) is 13.1. The minimum atomic E-state index is 0.158. The molecule has 1 aliphatic heterocycles. The monoisotopic (exact) mass is 293 g/mol. The second kappa shape index (κ2) is 5.81. The van der Waals surface area contributed by atoms with Crippen LogP contribution in [0.25, 0.3) is 9.88 Å². The Morgan fingerprint density at radius 2 is 2.37 bits per heavy atom. The van der Waals surface area contributed by atoms with E-state index in [-0.39, 0.29) is 5.91 Å². The van der Waals surface area contributed by atoms with Gasteiger partial charge in [0.25, 0.3) is 0 Å². The zero-order valence-electron chi connectivity index (χ0n) is 10.5. The summed E-state index contributed by atoms with van der Waals surface area (Å²) in [6.45, 7) is 3.38. The summed E-state index contributed by atoms with van der Waals surface area (Å²) in [6, 6.07) is 4.15. The van der Waals surface area contributed by atoms with Crippen LogP contribution in [-0.4, -0.2) is 35.4 Å². The van der Waals surface area contributed by atoms with Gasteiger partial charge in [0.15, 0.2) is 0 Å². The lowest BCUT2D eigenvalue weighted by Gasteiger charge is -2.17. The van der Waals surface area contributed by atoms with E-state index in [1.165, 1.54) is 9.75 Å². The van der Waals surface area contributed by atoms with Crippen molar-refractivity contribution in [1.29, 1.82) is 0 Å². The third kappa shape index (κ3) is 3.20. The van der Waals surface area contributed by atoms with E-state index in [1.807, 2.05) is 12.3 Å². The highest BCUT2D eigenvalue weighted by molar-refractivity contribution is 7.20. The Hall–Kier alpha value is -1.24. The van der Waals surface area contributed by atoms with Crippen LogP contribution in [0.15, 0.2) is 23.7 Å². The van der Waals surface area contributed by atoms with Gasteiger partial charge in [-0.15, -0.1) is 22.7 Å². The molecule has 0 aromatic carbocycles. The molecule has 0 unspecified atom stereocenters. The fourth-order valence-corrected chi connectivity index (χ4v) is 3.85. The Bertz CT molecular complexity index is 550. The van der Waals surface area contributed by atoms with Crippen LogP contribution < -0.4 is 5.32 Å². The van der Waals surface area contributed by atoms with Crippen LogP contribution in [-0.2, 0) is 11.3 Å². The second-order valence-electron chi connectivity index (χ2n) is 4.49. The standard InChI is InChI=1S/C13H15N3OS2/c17-12-3-5-16(6-4-14-12)9-10-8-15-13(19-10)11-2-1-7-18-11/h1-2,7-8H,3-6,9H2,(H,14,17). The van der Waals surface area contributed by atoms with Crippen molar-refractivity contribution in [1.82, 2.24) is 15.2 Å². The molecule has 100 valence electrons. The van der Waals surface area contributed by atoms with Gasteiger partial charge in [-0.1, -0.05) is 6.07 Å². The fraction of sp³-hybridized carbons (Fsp3) is 0.385. The lowest BCUT2D eigenvalue weighted by molar-refractivity contribution is -0.120. The normalized spacial score (nSPS) is 17.2. The predicted molar refractivity (Wildman–Crippen MR) is 78.3 cm³/mol. The van der Waals surface area contributed by atoms with Gasteiger partial charge in [-0.3, -0.25) is 9.69 Å². The maximum atomic E-state index is 11.3. The summed E-state index contributed by atoms with van der Waals surface area (Å²) in [6.07, 6.45) is 2.55. The van der Waals surface area contributed by atoms with E-state index in [9.17, 15) is 4.79 Å². The number of aromatic nitrogens is 1. The molecule has 6 heteroatoms. The lowest BCUT2D eigenvalue weighted by Crippen LogP contribution is -2.27. The van der Waals surface area contributed by atoms with Gasteiger partial charge in [-0.2, -0.15) is 0 Å². The number of amides is 1. The highest BCUT2D eigenvalue weighted by Crippen LogP contribution is 2.29. The quantitative estimate of drug-likeness (QED) is 0.943. The van der Waals surface area contributed by atoms with Crippen molar-refractivity contribution in [2.45, 2.75) is 13.0 Å². The molecule has 0 saturated carbocycles. The molecular formula is C13H15N3OS2. The molecular weight excluding hydrogens is 278 g/mol. The van der Waals surface area contributed by atoms with E-state index >= 15 is 0 Å². The van der Waals surface area contributed by atoms with Crippen LogP contribution in [0.2, 0.25) is 0 Å². The van der Waals surface area contributed by atoms with Gasteiger partial charge >= 0.3 is 0 Å². The van der Waals surface area contributed by atoms with Gasteiger partial charge in [0.2, 0.25) is 5.91 Å². The van der Waals surface area contributed by atoms with Crippen molar-refractivity contribution in [2.24, 2.45) is 0 Å². The summed E-state index contributed by atoms with van der Waals surface area (Å²) in [5, 5.41) is 6.06. The summed E-state index contributed by atoms with van der Waals surface area (Å²) < 4.78 is 0. The Morgan fingerprint density at radius 3 is 3.21 bits per heavy atom. The van der Waals surface area contributed by atoms with Crippen LogP contribution in [0.4, 0.5) is 0 Å². The molecule has 2 aromatic heterocycles. The molecule has 0 atom stereocenters. The van der Waals surface area contributed by atoms with Crippen LogP contribution in [0.3, 0.4) is 0 Å². The first kappa shape index (κ1) is 12.8. The summed E-state index contributed by atoms with van der Waals surface area (Å²) in [4.78, 5) is 20.6. The average Bonchev–Trinajstić information content (AvgIpc) is 3.02. The summed E-state index contributed by atoms with van der Waals surface area (Å²) in [5.41, 5.74) is 0. The van der Waals surface area contributed by atoms with Gasteiger partial charge in [0.05, 0.1) is 4.88 Å². The maximum Gasteiger partial charge on any atom is 0.221 e. The molecule has 2 aromatic rings. The SMILES string of the molecule is O=C1CCN(Cc2cnc(-c3cccs3)s2)CCN1. The molecule has 1 saturated heterocycles. The van der Waals surface area contributed by atoms with Crippen LogP contribution in [0.5, 0.6) is 0 Å². The fourth-order valence-electron chi connectivity index (χ4n) is 2.09. The largest absolute Gasteiger partial charge is 0.355 e. The molecule has 1 N–H and O–H groups in total. The van der Waals surface area contributed by atoms with Crippen LogP contribution >= 0.6 is 22.7 Å². The Kier molecular flexibility index (Phi) is 3.91. The number of hydrogen-bond acceptors (Lipinski definition) is 5. The summed E-state index contributed by atoms with van der Waals surface area (Å²) in [7, 11) is 0. The molecule has 0 spiro atoms. The molecule has 3 heterocycles. The first-order chi connectivity index (χ1) is 9.31. The maximum absolute atomic E-state index is 11.3. The van der Waals surface area contributed by atoms with Crippen molar-refractivity contribution in [3.8, 4) is 9.88 Å². The van der Waals surface area contributed by atoms with Crippen molar-refractivity contribution in [3.05, 3.63) is 28.6 Å². The number of hydrogen-bond donors (Lipinski definition) is 1. The number of nitrogens with zero attached hydrogens (tertiary/aromatic N) is 2. The zero-order valence-corrected chi connectivity index (χ0v) is 12.1. The minimum absolute atomic E-state index is 0.158. The molecule has 1 amide bonds. The van der Waals surface area contributed by atoms with E-state index in [0.717, 1.165) is 31.2 Å². The van der Waals surface area contributed by atoms with Gasteiger partial charge < -0.3 is 5.32 Å². The Labute approximate surface area is 120 Å². The Balaban J connectivity index is 1.65. The lowest BCUT2D eigenvalue weighted by atomic mass is 10.3. The van der Waals surface area contributed by atoms with Gasteiger partial charge in [0, 0.05) is 43.7 Å². The van der Waals surface area contributed by atoms with Crippen LogP contribution in [0, 0.1) is 0 Å². The summed E-state index contributed by atoms with van der Waals surface area (Å²) >= 11 is 3.46. The van der Waals surface area contributed by atoms with E-state index < -0.39 is 0 Å². The van der Waals surface area contributed by atoms with Gasteiger partial charge in [-0.25, -0.2) is 4.98 Å². The third-order valence-corrected chi connectivity index (χ3v) is 5.09. The highest BCUT2D eigenvalue weighted by atomic mass is 32.1. The number of carbonyl (C=O) groups is 1. The first-order valence-corrected chi connectivity index (χ1v) is 7.98. The van der Waals surface area contributed by atoms with E-state index in [1.54, 1.807) is 22.7 Å². The van der Waals surface area contributed by atoms with E-state index in [0.29, 0.717) is 6.42 Å². The Morgan fingerprint density at radius 1 is 1.42 bits per heavy atom. The topological polar surface area (TPSA) is 45.2 Å². The molecule has 19 heavy (non-hydrogen) atoms. The number of thiophene rings is 1. The third-order valence-electron chi connectivity index (χ3n) is 3.07. The van der Waals surface area contributed by atoms with E-state index in [2.05, 4.69) is 26.6 Å². The smallest absolute Gasteiger partial charge is 0.221 e. The van der Waals surface area contributed by atoms with E-state index in [4.69, 9.17) is 0 Å². The van der Waals surface area contributed by atoms with Crippen LogP contribution in [0.1, 0.15) is 11.3 Å². The molecule has 0 aliphatic carbocycles. The molecule has 1 fully saturated rings. The molecule has 1 aliphatic rings. The molecule has 3 rings (SSSR count). The van der Waals surface area contributed by atoms with Gasteiger partial charge in [0.1, 0.15) is 5.01 Å². The van der Waals surface area contributed by atoms with Gasteiger partial charge in [-0.05, 0) is 11.4 Å². The number of rotatable bonds is 3. The van der Waals surface area contributed by atoms with Crippen molar-refractivity contribution in [3.63, 3.8) is 0 Å². The first-order valence-electron chi connectivity index (χ1n) is 6.29. The summed E-state index contributed by atoms with van der Waals surface area (Å²) in [5.74, 6) is 0.158. The van der Waals surface area contributed by atoms with Crippen molar-refractivity contribution in [2.75, 3.05) is 19.6 Å². The minimum Gasteiger partial charge on any atom is -0.355 e. The second-order valence-corrected chi connectivity index (χ2v) is 6.55. The van der Waals surface area contributed by atoms with Crippen molar-refractivity contribution < 1.29 is 4.79 Å².